The molecule has 35 heavy (non-hydrogen) atoms. The molecule has 2 N–H and O–H groups in total. The Morgan fingerprint density at radius 3 is 2.51 bits per heavy atom. The standard InChI is InChI=1S/C25H26ClN5O4/c1-4-35-22(32)11-12-30-24(33)29-23(31(25(30)34)14-17-5-7-18(26)8-6-17)28-19-9-10-21-20(13-19)15(2)16(3)27-21/h5-10,13,27H,4,11-12,14H2,1-3H3,(H,28,29,33). The molecule has 0 radical (unpaired) electrons. The van der Waals surface area contributed by atoms with Gasteiger partial charge in [0, 0.05) is 28.2 Å². The van der Waals surface area contributed by atoms with Crippen LogP contribution in [0.25, 0.3) is 10.9 Å². The highest BCUT2D eigenvalue weighted by atomic mass is 35.5. The lowest BCUT2D eigenvalue weighted by atomic mass is 10.1. The first-order valence-electron chi connectivity index (χ1n) is 11.2. The summed E-state index contributed by atoms with van der Waals surface area (Å²) in [6.07, 6.45) is -0.100. The Morgan fingerprint density at radius 1 is 1.06 bits per heavy atom. The highest BCUT2D eigenvalue weighted by molar-refractivity contribution is 6.30. The number of rotatable bonds is 7. The van der Waals surface area contributed by atoms with Crippen LogP contribution in [0.2, 0.25) is 5.02 Å². The van der Waals surface area contributed by atoms with E-state index in [-0.39, 0.29) is 31.7 Å². The maximum atomic E-state index is 13.4. The quantitative estimate of drug-likeness (QED) is 0.383. The van der Waals surface area contributed by atoms with Crippen molar-refractivity contribution in [3.05, 3.63) is 90.9 Å². The lowest BCUT2D eigenvalue weighted by Crippen LogP contribution is -2.50. The molecule has 0 saturated heterocycles. The zero-order chi connectivity index (χ0) is 25.1. The third-order valence-corrected chi connectivity index (χ3v) is 6.06. The lowest BCUT2D eigenvalue weighted by Gasteiger charge is -2.11. The maximum absolute atomic E-state index is 13.4. The summed E-state index contributed by atoms with van der Waals surface area (Å²) in [7, 11) is 0. The summed E-state index contributed by atoms with van der Waals surface area (Å²) in [5.41, 5.74) is 3.40. The van der Waals surface area contributed by atoms with Gasteiger partial charge in [0.15, 0.2) is 0 Å². The predicted octanol–water partition coefficient (Wildman–Crippen LogP) is 3.32. The molecule has 0 unspecified atom stereocenters. The molecule has 0 aliphatic rings. The van der Waals surface area contributed by atoms with Gasteiger partial charge in [0.25, 0.3) is 0 Å². The predicted molar refractivity (Wildman–Crippen MR) is 134 cm³/mol. The van der Waals surface area contributed by atoms with Crippen LogP contribution in [-0.2, 0) is 22.6 Å². The molecule has 4 rings (SSSR count). The zero-order valence-electron chi connectivity index (χ0n) is 19.7. The highest BCUT2D eigenvalue weighted by Gasteiger charge is 2.13. The SMILES string of the molecule is CCOC(=O)CCn1c(=O)[nH]/c(=N\c2ccc3[nH]c(C)c(C)c3c2)n(Cc2ccc(Cl)cc2)c1=O. The normalized spacial score (nSPS) is 11.8. The van der Waals surface area contributed by atoms with Gasteiger partial charge in [0.1, 0.15) is 0 Å². The average molecular weight is 496 g/mol. The van der Waals surface area contributed by atoms with Gasteiger partial charge in [-0.2, -0.15) is 0 Å². The van der Waals surface area contributed by atoms with Crippen LogP contribution in [0.4, 0.5) is 5.69 Å². The Balaban J connectivity index is 1.84. The topological polar surface area (TPSA) is 114 Å². The first-order chi connectivity index (χ1) is 16.8. The first kappa shape index (κ1) is 24.3. The minimum Gasteiger partial charge on any atom is -0.466 e. The van der Waals surface area contributed by atoms with Crippen LogP contribution in [0.3, 0.4) is 0 Å². The number of carbonyl (C=O) groups is 1. The number of halogens is 1. The molecule has 0 atom stereocenters. The van der Waals surface area contributed by atoms with Crippen molar-refractivity contribution in [1.82, 2.24) is 19.1 Å². The number of aromatic amines is 2. The molecule has 0 amide bonds. The molecule has 4 aromatic rings. The van der Waals surface area contributed by atoms with E-state index in [2.05, 4.69) is 15.0 Å². The molecular weight excluding hydrogens is 470 g/mol. The van der Waals surface area contributed by atoms with E-state index in [1.165, 1.54) is 4.57 Å². The van der Waals surface area contributed by atoms with Crippen molar-refractivity contribution in [2.24, 2.45) is 4.99 Å². The van der Waals surface area contributed by atoms with Crippen LogP contribution in [-0.4, -0.2) is 31.7 Å². The first-order valence-corrected chi connectivity index (χ1v) is 11.6. The summed E-state index contributed by atoms with van der Waals surface area (Å²) >= 11 is 6.00. The van der Waals surface area contributed by atoms with Gasteiger partial charge in [-0.1, -0.05) is 23.7 Å². The van der Waals surface area contributed by atoms with Gasteiger partial charge in [-0.3, -0.25) is 14.3 Å². The largest absolute Gasteiger partial charge is 0.466 e. The smallest absolute Gasteiger partial charge is 0.335 e. The fourth-order valence-electron chi connectivity index (χ4n) is 3.83. The molecule has 0 spiro atoms. The number of nitrogens with zero attached hydrogens (tertiary/aromatic N) is 3. The molecule has 0 aliphatic heterocycles. The Hall–Kier alpha value is -3.85. The third-order valence-electron chi connectivity index (χ3n) is 5.81. The molecule has 10 heteroatoms. The summed E-state index contributed by atoms with van der Waals surface area (Å²) in [5, 5.41) is 1.58. The summed E-state index contributed by atoms with van der Waals surface area (Å²) in [6, 6.07) is 12.7. The molecule has 2 heterocycles. The van der Waals surface area contributed by atoms with Gasteiger partial charge < -0.3 is 9.72 Å². The molecule has 0 fully saturated rings. The van der Waals surface area contributed by atoms with Crippen LogP contribution in [0, 0.1) is 13.8 Å². The van der Waals surface area contributed by atoms with Crippen LogP contribution >= 0.6 is 11.6 Å². The number of aryl methyl sites for hydroxylation is 2. The maximum Gasteiger partial charge on any atom is 0.335 e. The fourth-order valence-corrected chi connectivity index (χ4v) is 3.96. The van der Waals surface area contributed by atoms with Crippen LogP contribution in [0.5, 0.6) is 0 Å². The van der Waals surface area contributed by atoms with Crippen molar-refractivity contribution >= 4 is 34.2 Å². The number of nitrogens with one attached hydrogen (secondary N) is 2. The van der Waals surface area contributed by atoms with E-state index in [1.54, 1.807) is 31.2 Å². The van der Waals surface area contributed by atoms with Crippen molar-refractivity contribution < 1.29 is 9.53 Å². The minimum absolute atomic E-state index is 0.100. The van der Waals surface area contributed by atoms with E-state index in [4.69, 9.17) is 16.3 Å². The van der Waals surface area contributed by atoms with Crippen LogP contribution in [0.1, 0.15) is 30.2 Å². The molecule has 0 saturated carbocycles. The van der Waals surface area contributed by atoms with E-state index < -0.39 is 17.3 Å². The number of aromatic nitrogens is 4. The summed E-state index contributed by atoms with van der Waals surface area (Å²) in [4.78, 5) is 48.6. The minimum atomic E-state index is -0.653. The number of esters is 1. The van der Waals surface area contributed by atoms with Gasteiger partial charge in [-0.25, -0.2) is 19.1 Å². The molecule has 0 aliphatic carbocycles. The van der Waals surface area contributed by atoms with Gasteiger partial charge in [0.2, 0.25) is 5.62 Å². The van der Waals surface area contributed by atoms with E-state index in [1.807, 2.05) is 32.0 Å². The van der Waals surface area contributed by atoms with E-state index in [0.29, 0.717) is 10.7 Å². The molecule has 9 nitrogen and oxygen atoms in total. The Bertz CT molecular complexity index is 1570. The van der Waals surface area contributed by atoms with Crippen molar-refractivity contribution in [1.29, 1.82) is 0 Å². The second-order valence-electron chi connectivity index (χ2n) is 8.17. The third kappa shape index (κ3) is 5.30. The lowest BCUT2D eigenvalue weighted by molar-refractivity contribution is -0.143. The van der Waals surface area contributed by atoms with Crippen LogP contribution in [0.15, 0.2) is 57.0 Å². The second-order valence-corrected chi connectivity index (χ2v) is 8.61. The van der Waals surface area contributed by atoms with Gasteiger partial charge in [0.05, 0.1) is 25.3 Å². The van der Waals surface area contributed by atoms with E-state index >= 15 is 0 Å². The van der Waals surface area contributed by atoms with Gasteiger partial charge in [-0.15, -0.1) is 0 Å². The van der Waals surface area contributed by atoms with Crippen molar-refractivity contribution in [2.75, 3.05) is 6.61 Å². The number of H-pyrrole nitrogens is 2. The highest BCUT2D eigenvalue weighted by Crippen LogP contribution is 2.25. The zero-order valence-corrected chi connectivity index (χ0v) is 20.5. The fraction of sp³-hybridized carbons (Fsp3) is 0.280. The summed E-state index contributed by atoms with van der Waals surface area (Å²) in [5.74, 6) is -0.484. The number of hydrogen-bond donors (Lipinski definition) is 2. The van der Waals surface area contributed by atoms with Crippen molar-refractivity contribution in [2.45, 2.75) is 40.3 Å². The van der Waals surface area contributed by atoms with Crippen molar-refractivity contribution in [3.63, 3.8) is 0 Å². The summed E-state index contributed by atoms with van der Waals surface area (Å²) < 4.78 is 7.27. The Kier molecular flexibility index (Phi) is 7.07. The Morgan fingerprint density at radius 2 is 1.80 bits per heavy atom. The monoisotopic (exact) mass is 495 g/mol. The van der Waals surface area contributed by atoms with E-state index in [0.717, 1.165) is 32.3 Å². The van der Waals surface area contributed by atoms with Crippen LogP contribution < -0.4 is 17.0 Å². The molecular formula is C25H26ClN5O4. The van der Waals surface area contributed by atoms with E-state index in [9.17, 15) is 14.4 Å². The van der Waals surface area contributed by atoms with Crippen molar-refractivity contribution in [3.8, 4) is 0 Å². The number of fused-ring (bicyclic) bond motifs is 1. The number of benzene rings is 2. The Labute approximate surface area is 205 Å². The molecule has 2 aromatic carbocycles. The van der Waals surface area contributed by atoms with Gasteiger partial charge in [-0.05, 0) is 62.2 Å². The van der Waals surface area contributed by atoms with Gasteiger partial charge >= 0.3 is 17.3 Å². The summed E-state index contributed by atoms with van der Waals surface area (Å²) in [6.45, 7) is 5.98. The second kappa shape index (κ2) is 10.2. The molecule has 182 valence electrons. The number of hydrogen-bond acceptors (Lipinski definition) is 5. The number of ether oxygens (including phenoxy) is 1. The molecule has 0 bridgehead atoms. The molecule has 2 aromatic heterocycles. The average Bonchev–Trinajstić information content (AvgIpc) is 3.11. The number of carbonyl (C=O) groups excluding carboxylic acids is 1.